The maximum absolute atomic E-state index is 4.52. The van der Waals surface area contributed by atoms with E-state index in [4.69, 9.17) is 0 Å². The SMILES string of the molecule is c1cncc(Cn2cnc3cc(Cn4ccnc4)ccc32)c1. The smallest absolute Gasteiger partial charge is 0.0961 e. The molecular formula is C17H15N5. The Kier molecular flexibility index (Phi) is 3.16. The third-order valence-electron chi connectivity index (χ3n) is 3.69. The average Bonchev–Trinajstić information content (AvgIpc) is 3.19. The molecule has 0 spiro atoms. The highest BCUT2D eigenvalue weighted by Crippen LogP contribution is 2.17. The molecule has 0 saturated heterocycles. The number of imidazole rings is 2. The molecule has 3 aromatic heterocycles. The number of fused-ring (bicyclic) bond motifs is 1. The summed E-state index contributed by atoms with van der Waals surface area (Å²) in [5, 5.41) is 0. The molecule has 0 unspecified atom stereocenters. The highest BCUT2D eigenvalue weighted by atomic mass is 15.0. The molecular weight excluding hydrogens is 274 g/mol. The minimum Gasteiger partial charge on any atom is -0.333 e. The van der Waals surface area contributed by atoms with Gasteiger partial charge in [-0.3, -0.25) is 4.98 Å². The molecule has 0 aliphatic carbocycles. The van der Waals surface area contributed by atoms with Crippen LogP contribution >= 0.6 is 0 Å². The molecule has 3 heterocycles. The van der Waals surface area contributed by atoms with E-state index in [0.717, 1.165) is 24.1 Å². The van der Waals surface area contributed by atoms with E-state index in [1.165, 1.54) is 11.1 Å². The Hall–Kier alpha value is -2.95. The molecule has 22 heavy (non-hydrogen) atoms. The van der Waals surface area contributed by atoms with Crippen LogP contribution in [-0.2, 0) is 13.1 Å². The third kappa shape index (κ3) is 2.48. The average molecular weight is 289 g/mol. The Labute approximate surface area is 127 Å². The fourth-order valence-electron chi connectivity index (χ4n) is 2.61. The summed E-state index contributed by atoms with van der Waals surface area (Å²) in [6.07, 6.45) is 11.1. The lowest BCUT2D eigenvalue weighted by atomic mass is 10.2. The van der Waals surface area contributed by atoms with Crippen LogP contribution in [0.1, 0.15) is 11.1 Å². The maximum Gasteiger partial charge on any atom is 0.0961 e. The van der Waals surface area contributed by atoms with Crippen LogP contribution in [0.4, 0.5) is 0 Å². The van der Waals surface area contributed by atoms with Crippen LogP contribution in [0, 0.1) is 0 Å². The lowest BCUT2D eigenvalue weighted by Crippen LogP contribution is -1.99. The molecule has 0 aliphatic rings. The molecule has 0 N–H and O–H groups in total. The predicted octanol–water partition coefficient (Wildman–Crippen LogP) is 2.72. The van der Waals surface area contributed by atoms with Crippen molar-refractivity contribution in [3.05, 3.63) is 78.9 Å². The number of hydrogen-bond acceptors (Lipinski definition) is 3. The molecule has 4 rings (SSSR count). The number of pyridine rings is 1. The Morgan fingerprint density at radius 1 is 0.909 bits per heavy atom. The molecule has 0 bridgehead atoms. The fourth-order valence-corrected chi connectivity index (χ4v) is 2.61. The van der Waals surface area contributed by atoms with Gasteiger partial charge in [-0.15, -0.1) is 0 Å². The Balaban J connectivity index is 1.63. The minimum atomic E-state index is 0.783. The standard InChI is InChI=1S/C17H15N5/c1-2-15(9-18-5-1)11-22-13-20-16-8-14(3-4-17(16)22)10-21-7-6-19-12-21/h1-9,12-13H,10-11H2. The van der Waals surface area contributed by atoms with Gasteiger partial charge in [0.2, 0.25) is 0 Å². The Morgan fingerprint density at radius 3 is 2.73 bits per heavy atom. The highest BCUT2D eigenvalue weighted by molar-refractivity contribution is 5.76. The minimum absolute atomic E-state index is 0.783. The monoisotopic (exact) mass is 289 g/mol. The van der Waals surface area contributed by atoms with Gasteiger partial charge in [0.1, 0.15) is 0 Å². The van der Waals surface area contributed by atoms with E-state index in [0.29, 0.717) is 0 Å². The van der Waals surface area contributed by atoms with Crippen molar-refractivity contribution in [3.8, 4) is 0 Å². The van der Waals surface area contributed by atoms with Crippen LogP contribution < -0.4 is 0 Å². The zero-order chi connectivity index (χ0) is 14.8. The summed E-state index contributed by atoms with van der Waals surface area (Å²) in [6.45, 7) is 1.59. The van der Waals surface area contributed by atoms with Gasteiger partial charge in [0.05, 0.1) is 30.2 Å². The molecule has 5 heteroatoms. The molecule has 0 radical (unpaired) electrons. The lowest BCUT2D eigenvalue weighted by molar-refractivity contribution is 0.797. The molecule has 0 fully saturated rings. The summed E-state index contributed by atoms with van der Waals surface area (Å²) < 4.78 is 4.20. The van der Waals surface area contributed by atoms with E-state index in [-0.39, 0.29) is 0 Å². The molecule has 0 atom stereocenters. The van der Waals surface area contributed by atoms with Gasteiger partial charge in [-0.2, -0.15) is 0 Å². The van der Waals surface area contributed by atoms with E-state index in [9.17, 15) is 0 Å². The van der Waals surface area contributed by atoms with Crippen molar-refractivity contribution in [2.24, 2.45) is 0 Å². The normalized spacial score (nSPS) is 11.1. The second kappa shape index (κ2) is 5.44. The maximum atomic E-state index is 4.52. The number of benzene rings is 1. The summed E-state index contributed by atoms with van der Waals surface area (Å²) >= 11 is 0. The van der Waals surface area contributed by atoms with Crippen molar-refractivity contribution < 1.29 is 0 Å². The fraction of sp³-hybridized carbons (Fsp3) is 0.118. The predicted molar refractivity (Wildman–Crippen MR) is 84.4 cm³/mol. The van der Waals surface area contributed by atoms with E-state index < -0.39 is 0 Å². The van der Waals surface area contributed by atoms with Crippen molar-refractivity contribution in [2.45, 2.75) is 13.1 Å². The summed E-state index contributed by atoms with van der Waals surface area (Å²) in [6, 6.07) is 10.4. The van der Waals surface area contributed by atoms with Gasteiger partial charge in [0.15, 0.2) is 0 Å². The summed E-state index contributed by atoms with van der Waals surface area (Å²) in [4.78, 5) is 12.8. The molecule has 0 aliphatic heterocycles. The van der Waals surface area contributed by atoms with Crippen molar-refractivity contribution in [1.82, 2.24) is 24.1 Å². The molecule has 0 saturated carbocycles. The van der Waals surface area contributed by atoms with Gasteiger partial charge < -0.3 is 9.13 Å². The van der Waals surface area contributed by atoms with Crippen LogP contribution in [-0.4, -0.2) is 24.1 Å². The van der Waals surface area contributed by atoms with Gasteiger partial charge in [-0.25, -0.2) is 9.97 Å². The Bertz CT molecular complexity index is 878. The zero-order valence-corrected chi connectivity index (χ0v) is 12.0. The van der Waals surface area contributed by atoms with Gasteiger partial charge in [0, 0.05) is 31.3 Å². The first kappa shape index (κ1) is 12.8. The van der Waals surface area contributed by atoms with Crippen molar-refractivity contribution in [3.63, 3.8) is 0 Å². The van der Waals surface area contributed by atoms with Crippen LogP contribution in [0.3, 0.4) is 0 Å². The van der Waals surface area contributed by atoms with Crippen molar-refractivity contribution in [2.75, 3.05) is 0 Å². The Morgan fingerprint density at radius 2 is 1.91 bits per heavy atom. The largest absolute Gasteiger partial charge is 0.333 e. The van der Waals surface area contributed by atoms with Crippen molar-refractivity contribution in [1.29, 1.82) is 0 Å². The topological polar surface area (TPSA) is 48.5 Å². The molecule has 0 amide bonds. The van der Waals surface area contributed by atoms with E-state index in [1.54, 1.807) is 12.4 Å². The van der Waals surface area contributed by atoms with Crippen LogP contribution in [0.25, 0.3) is 11.0 Å². The van der Waals surface area contributed by atoms with E-state index >= 15 is 0 Å². The molecule has 5 nitrogen and oxygen atoms in total. The van der Waals surface area contributed by atoms with Crippen LogP contribution in [0.2, 0.25) is 0 Å². The number of nitrogens with zero attached hydrogens (tertiary/aromatic N) is 5. The lowest BCUT2D eigenvalue weighted by Gasteiger charge is -2.05. The quantitative estimate of drug-likeness (QED) is 0.580. The molecule has 4 aromatic rings. The van der Waals surface area contributed by atoms with Gasteiger partial charge in [0.25, 0.3) is 0 Å². The first-order valence-electron chi connectivity index (χ1n) is 7.17. The second-order valence-electron chi connectivity index (χ2n) is 5.29. The van der Waals surface area contributed by atoms with Gasteiger partial charge in [-0.05, 0) is 29.3 Å². The third-order valence-corrected chi connectivity index (χ3v) is 3.69. The van der Waals surface area contributed by atoms with Gasteiger partial charge in [-0.1, -0.05) is 12.1 Å². The van der Waals surface area contributed by atoms with Crippen molar-refractivity contribution >= 4 is 11.0 Å². The number of aromatic nitrogens is 5. The first-order valence-corrected chi connectivity index (χ1v) is 7.17. The van der Waals surface area contributed by atoms with E-state index in [1.807, 2.05) is 35.7 Å². The first-order chi connectivity index (χ1) is 10.9. The van der Waals surface area contributed by atoms with E-state index in [2.05, 4.69) is 43.8 Å². The molecule has 108 valence electrons. The number of hydrogen-bond donors (Lipinski definition) is 0. The summed E-state index contributed by atoms with van der Waals surface area (Å²) in [5.74, 6) is 0. The summed E-state index contributed by atoms with van der Waals surface area (Å²) in [7, 11) is 0. The van der Waals surface area contributed by atoms with Crippen LogP contribution in [0.5, 0.6) is 0 Å². The molecule has 1 aromatic carbocycles. The zero-order valence-electron chi connectivity index (χ0n) is 12.0. The summed E-state index contributed by atoms with van der Waals surface area (Å²) in [5.41, 5.74) is 4.54. The highest BCUT2D eigenvalue weighted by Gasteiger charge is 2.05. The number of rotatable bonds is 4. The second-order valence-corrected chi connectivity index (χ2v) is 5.29. The van der Waals surface area contributed by atoms with Gasteiger partial charge >= 0.3 is 0 Å². The van der Waals surface area contributed by atoms with Crippen LogP contribution in [0.15, 0.2) is 67.8 Å².